The number of hydrogen-bond acceptors (Lipinski definition) is 5. The van der Waals surface area contributed by atoms with Gasteiger partial charge in [-0.2, -0.15) is 0 Å². The summed E-state index contributed by atoms with van der Waals surface area (Å²) >= 11 is 0. The van der Waals surface area contributed by atoms with Crippen LogP contribution >= 0.6 is 0 Å². The minimum Gasteiger partial charge on any atom is -0.466 e. The second-order valence-electron chi connectivity index (χ2n) is 18.2. The first-order chi connectivity index (χ1) is 28.5. The van der Waals surface area contributed by atoms with Crippen molar-refractivity contribution in [3.05, 3.63) is 0 Å². The Kier molecular flexibility index (Phi) is 47.6. The minimum absolute atomic E-state index is 0.0241. The smallest absolute Gasteiger partial charge is 0.305 e. The van der Waals surface area contributed by atoms with Crippen molar-refractivity contribution in [3.8, 4) is 0 Å². The molecule has 0 bridgehead atoms. The molecule has 0 aromatic carbocycles. The van der Waals surface area contributed by atoms with Crippen LogP contribution in [-0.4, -0.2) is 47.4 Å². The quantitative estimate of drug-likeness (QED) is 0.0420. The first-order valence-electron chi connectivity index (χ1n) is 26.3. The van der Waals surface area contributed by atoms with Crippen LogP contribution in [0.3, 0.4) is 0 Å². The number of hydrogen-bond donors (Lipinski definition) is 3. The molecule has 0 aliphatic carbocycles. The van der Waals surface area contributed by atoms with E-state index in [1.165, 1.54) is 205 Å². The first kappa shape index (κ1) is 56.9. The highest BCUT2D eigenvalue weighted by Crippen LogP contribution is 2.17. The van der Waals surface area contributed by atoms with Crippen molar-refractivity contribution in [2.24, 2.45) is 0 Å². The second kappa shape index (κ2) is 48.5. The van der Waals surface area contributed by atoms with Gasteiger partial charge in [-0.15, -0.1) is 0 Å². The highest BCUT2D eigenvalue weighted by molar-refractivity contribution is 5.76. The van der Waals surface area contributed by atoms with Crippen LogP contribution in [-0.2, 0) is 14.3 Å². The molecule has 0 saturated carbocycles. The molecule has 0 heterocycles. The van der Waals surface area contributed by atoms with E-state index in [9.17, 15) is 19.8 Å². The predicted molar refractivity (Wildman–Crippen MR) is 250 cm³/mol. The van der Waals surface area contributed by atoms with Gasteiger partial charge in [-0.1, -0.05) is 258 Å². The van der Waals surface area contributed by atoms with Crippen molar-refractivity contribution in [1.82, 2.24) is 5.32 Å². The molecule has 0 aromatic rings. The summed E-state index contributed by atoms with van der Waals surface area (Å²) in [5.41, 5.74) is 0. The standard InChI is InChI=1S/C52H103NO5/c1-3-5-7-9-11-13-15-16-17-18-19-20-21-22-23-24-26-28-32-36-40-44-50(55)49(48-54)53-51(56)45-41-37-33-29-27-31-35-39-43-47-58-52(57)46-42-38-34-30-25-14-12-10-8-6-4-2/h49-50,54-55H,3-48H2,1-2H3,(H,53,56). The largest absolute Gasteiger partial charge is 0.466 e. The molecule has 0 rings (SSSR count). The number of esters is 1. The number of rotatable bonds is 49. The first-order valence-corrected chi connectivity index (χ1v) is 26.3. The number of nitrogens with one attached hydrogen (secondary N) is 1. The van der Waals surface area contributed by atoms with E-state index >= 15 is 0 Å². The van der Waals surface area contributed by atoms with Gasteiger partial charge < -0.3 is 20.3 Å². The molecule has 0 saturated heterocycles. The van der Waals surface area contributed by atoms with Gasteiger partial charge in [-0.25, -0.2) is 0 Å². The fourth-order valence-electron chi connectivity index (χ4n) is 8.35. The van der Waals surface area contributed by atoms with Crippen molar-refractivity contribution in [2.75, 3.05) is 13.2 Å². The van der Waals surface area contributed by atoms with Gasteiger partial charge in [0.15, 0.2) is 0 Å². The summed E-state index contributed by atoms with van der Waals surface area (Å²) in [7, 11) is 0. The van der Waals surface area contributed by atoms with Crippen molar-refractivity contribution in [1.29, 1.82) is 0 Å². The molecule has 0 aliphatic rings. The molecule has 0 aliphatic heterocycles. The van der Waals surface area contributed by atoms with Crippen LogP contribution in [0.5, 0.6) is 0 Å². The number of amides is 1. The Morgan fingerprint density at radius 2 is 0.707 bits per heavy atom. The topological polar surface area (TPSA) is 95.9 Å². The van der Waals surface area contributed by atoms with Crippen molar-refractivity contribution in [2.45, 2.75) is 309 Å². The SMILES string of the molecule is CCCCCCCCCCCCCCCCCCCCCCCC(O)C(CO)NC(=O)CCCCCCCCCCCOC(=O)CCCCCCCCCCCCC. The van der Waals surface area contributed by atoms with Crippen molar-refractivity contribution < 1.29 is 24.5 Å². The van der Waals surface area contributed by atoms with Gasteiger partial charge in [-0.05, 0) is 25.7 Å². The maximum atomic E-state index is 12.5. The number of carbonyl (C=O) groups is 2. The number of aliphatic hydroxyl groups is 2. The lowest BCUT2D eigenvalue weighted by atomic mass is 10.0. The Bertz CT molecular complexity index is 822. The van der Waals surface area contributed by atoms with Crippen LogP contribution in [0.25, 0.3) is 0 Å². The summed E-state index contributed by atoms with van der Waals surface area (Å²) in [6.45, 7) is 4.90. The average molecular weight is 822 g/mol. The predicted octanol–water partition coefficient (Wildman–Crippen LogP) is 15.6. The molecule has 2 unspecified atom stereocenters. The van der Waals surface area contributed by atoms with Gasteiger partial charge in [0.05, 0.1) is 25.4 Å². The Morgan fingerprint density at radius 1 is 0.414 bits per heavy atom. The summed E-state index contributed by atoms with van der Waals surface area (Å²) in [5.74, 6) is -0.0830. The average Bonchev–Trinajstić information content (AvgIpc) is 3.22. The number of aliphatic hydroxyl groups excluding tert-OH is 2. The van der Waals surface area contributed by atoms with Gasteiger partial charge in [0.2, 0.25) is 5.91 Å². The zero-order chi connectivity index (χ0) is 42.3. The van der Waals surface area contributed by atoms with Gasteiger partial charge in [0.1, 0.15) is 0 Å². The lowest BCUT2D eigenvalue weighted by Gasteiger charge is -2.22. The van der Waals surface area contributed by atoms with E-state index in [-0.39, 0.29) is 18.5 Å². The molecule has 346 valence electrons. The Hall–Kier alpha value is -1.14. The summed E-state index contributed by atoms with van der Waals surface area (Å²) < 4.78 is 5.43. The maximum Gasteiger partial charge on any atom is 0.305 e. The van der Waals surface area contributed by atoms with E-state index in [1.54, 1.807) is 0 Å². The van der Waals surface area contributed by atoms with Crippen molar-refractivity contribution in [3.63, 3.8) is 0 Å². The van der Waals surface area contributed by atoms with Crippen molar-refractivity contribution >= 4 is 11.9 Å². The van der Waals surface area contributed by atoms with Crippen LogP contribution in [0.15, 0.2) is 0 Å². The highest BCUT2D eigenvalue weighted by Gasteiger charge is 2.20. The minimum atomic E-state index is -0.680. The molecular formula is C52H103NO5. The number of carbonyl (C=O) groups excluding carboxylic acids is 2. The summed E-state index contributed by atoms with van der Waals surface area (Å²) in [5, 5.41) is 23.3. The molecule has 0 spiro atoms. The van der Waals surface area contributed by atoms with Gasteiger partial charge in [0, 0.05) is 12.8 Å². The second-order valence-corrected chi connectivity index (χ2v) is 18.2. The van der Waals surface area contributed by atoms with E-state index in [2.05, 4.69) is 19.2 Å². The number of unbranched alkanes of at least 4 members (excludes halogenated alkanes) is 38. The molecule has 1 amide bonds. The van der Waals surface area contributed by atoms with E-state index in [4.69, 9.17) is 4.74 Å². The summed E-state index contributed by atoms with van der Waals surface area (Å²) in [6, 6.07) is -0.560. The third-order valence-electron chi connectivity index (χ3n) is 12.4. The van der Waals surface area contributed by atoms with E-state index in [0.29, 0.717) is 25.9 Å². The molecule has 0 aromatic heterocycles. The third kappa shape index (κ3) is 44.4. The molecular weight excluding hydrogens is 719 g/mol. The van der Waals surface area contributed by atoms with Crippen LogP contribution < -0.4 is 5.32 Å². The fraction of sp³-hybridized carbons (Fsp3) is 0.962. The van der Waals surface area contributed by atoms with E-state index in [1.807, 2.05) is 0 Å². The monoisotopic (exact) mass is 822 g/mol. The molecule has 2 atom stereocenters. The Labute approximate surface area is 362 Å². The fourth-order valence-corrected chi connectivity index (χ4v) is 8.35. The summed E-state index contributed by atoms with van der Waals surface area (Å²) in [6.07, 6.45) is 53.6. The zero-order valence-corrected chi connectivity index (χ0v) is 39.3. The normalized spacial score (nSPS) is 12.6. The Morgan fingerprint density at radius 3 is 1.05 bits per heavy atom. The molecule has 6 heteroatoms. The zero-order valence-electron chi connectivity index (χ0n) is 39.3. The van der Waals surface area contributed by atoms with E-state index < -0.39 is 12.1 Å². The molecule has 0 radical (unpaired) electrons. The highest BCUT2D eigenvalue weighted by atomic mass is 16.5. The molecule has 58 heavy (non-hydrogen) atoms. The number of ether oxygens (including phenoxy) is 1. The van der Waals surface area contributed by atoms with Crippen LogP contribution in [0, 0.1) is 0 Å². The lowest BCUT2D eigenvalue weighted by Crippen LogP contribution is -2.45. The van der Waals surface area contributed by atoms with E-state index in [0.717, 1.165) is 57.8 Å². The van der Waals surface area contributed by atoms with Gasteiger partial charge >= 0.3 is 5.97 Å². The van der Waals surface area contributed by atoms with Crippen LogP contribution in [0.1, 0.15) is 296 Å². The third-order valence-corrected chi connectivity index (χ3v) is 12.4. The summed E-state index contributed by atoms with van der Waals surface area (Å²) in [4.78, 5) is 24.4. The van der Waals surface area contributed by atoms with Crippen LogP contribution in [0.2, 0.25) is 0 Å². The molecule has 3 N–H and O–H groups in total. The van der Waals surface area contributed by atoms with Gasteiger partial charge in [-0.3, -0.25) is 9.59 Å². The van der Waals surface area contributed by atoms with Crippen LogP contribution in [0.4, 0.5) is 0 Å². The molecule has 0 fully saturated rings. The Balaban J connectivity index is 3.47. The maximum absolute atomic E-state index is 12.5. The lowest BCUT2D eigenvalue weighted by molar-refractivity contribution is -0.143. The van der Waals surface area contributed by atoms with Gasteiger partial charge in [0.25, 0.3) is 0 Å². The molecule has 6 nitrogen and oxygen atoms in total.